The molecule has 0 fully saturated rings. The van der Waals surface area contributed by atoms with E-state index < -0.39 is 5.97 Å². The number of carbonyl (C=O) groups is 1. The van der Waals surface area contributed by atoms with E-state index in [0.717, 1.165) is 24.1 Å². The molecule has 0 saturated carbocycles. The van der Waals surface area contributed by atoms with Crippen molar-refractivity contribution < 1.29 is 14.3 Å². The van der Waals surface area contributed by atoms with Crippen LogP contribution >= 0.6 is 0 Å². The van der Waals surface area contributed by atoms with Crippen LogP contribution in [0.25, 0.3) is 11.3 Å². The first-order valence-corrected chi connectivity index (χ1v) is 6.04. The molecule has 0 aliphatic heterocycles. The average Bonchev–Trinajstić information content (AvgIpc) is 2.94. The van der Waals surface area contributed by atoms with Gasteiger partial charge in [-0.1, -0.05) is 6.92 Å². The number of hydrogen-bond acceptors (Lipinski definition) is 3. The van der Waals surface area contributed by atoms with Gasteiger partial charge in [0.25, 0.3) is 0 Å². The highest BCUT2D eigenvalue weighted by atomic mass is 16.4. The quantitative estimate of drug-likeness (QED) is 0.823. The van der Waals surface area contributed by atoms with Crippen molar-refractivity contribution in [2.45, 2.75) is 32.6 Å². The summed E-state index contributed by atoms with van der Waals surface area (Å²) in [6.07, 6.45) is 5.80. The summed E-state index contributed by atoms with van der Waals surface area (Å²) in [6.45, 7) is 2.05. The number of aliphatic carboxylic acids is 1. The summed E-state index contributed by atoms with van der Waals surface area (Å²) in [6, 6.07) is 1.89. The Hall–Kier alpha value is -2.04. The van der Waals surface area contributed by atoms with Crippen LogP contribution in [0.5, 0.6) is 0 Å². The molecule has 18 heavy (non-hydrogen) atoms. The fourth-order valence-corrected chi connectivity index (χ4v) is 1.81. The van der Waals surface area contributed by atoms with Crippen molar-refractivity contribution in [3.63, 3.8) is 0 Å². The van der Waals surface area contributed by atoms with E-state index in [-0.39, 0.29) is 6.42 Å². The molecule has 0 unspecified atom stereocenters. The van der Waals surface area contributed by atoms with Gasteiger partial charge in [0.1, 0.15) is 0 Å². The van der Waals surface area contributed by atoms with Crippen molar-refractivity contribution in [3.05, 3.63) is 30.0 Å². The molecule has 0 spiro atoms. The third-order valence-electron chi connectivity index (χ3n) is 2.64. The van der Waals surface area contributed by atoms with Crippen LogP contribution in [-0.2, 0) is 17.6 Å². The lowest BCUT2D eigenvalue weighted by atomic mass is 10.1. The zero-order chi connectivity index (χ0) is 13.0. The molecule has 0 atom stereocenters. The number of rotatable bonds is 6. The minimum atomic E-state index is -0.824. The van der Waals surface area contributed by atoms with Crippen LogP contribution in [0.4, 0.5) is 0 Å². The van der Waals surface area contributed by atoms with Crippen molar-refractivity contribution in [1.29, 1.82) is 0 Å². The second kappa shape index (κ2) is 5.53. The molecule has 0 aliphatic carbocycles. The summed E-state index contributed by atoms with van der Waals surface area (Å²) in [5.74, 6) is 0.532. The molecule has 96 valence electrons. The summed E-state index contributed by atoms with van der Waals surface area (Å²) in [4.78, 5) is 18.0. The summed E-state index contributed by atoms with van der Waals surface area (Å²) in [5.41, 5.74) is 1.63. The minimum absolute atomic E-state index is 0.0650. The van der Waals surface area contributed by atoms with E-state index in [2.05, 4.69) is 16.9 Å². The maximum atomic E-state index is 10.6. The van der Waals surface area contributed by atoms with E-state index in [9.17, 15) is 4.79 Å². The Bertz CT molecular complexity index is 514. The lowest BCUT2D eigenvalue weighted by Gasteiger charge is -1.96. The van der Waals surface area contributed by atoms with Gasteiger partial charge >= 0.3 is 5.97 Å². The Kier molecular flexibility index (Phi) is 3.82. The molecule has 2 aromatic rings. The zero-order valence-corrected chi connectivity index (χ0v) is 10.3. The molecule has 5 nitrogen and oxygen atoms in total. The number of aromatic nitrogens is 2. The van der Waals surface area contributed by atoms with Crippen LogP contribution in [0.2, 0.25) is 0 Å². The number of nitrogens with zero attached hydrogens (tertiary/aromatic N) is 1. The standard InChI is InChI=1S/C13H16N2O3/c1-2-3-11-15-10(4-5-12(16)17)13(18-11)9-6-7-14-8-9/h6-8,14H,2-5H2,1H3,(H,16,17). The second-order valence-corrected chi connectivity index (χ2v) is 4.13. The lowest BCUT2D eigenvalue weighted by molar-refractivity contribution is -0.136. The molecule has 0 aromatic carbocycles. The maximum absolute atomic E-state index is 10.6. The number of hydrogen-bond donors (Lipinski definition) is 2. The van der Waals surface area contributed by atoms with Gasteiger partial charge in [0, 0.05) is 30.8 Å². The first-order chi connectivity index (χ1) is 8.70. The molecule has 0 saturated heterocycles. The molecule has 2 heterocycles. The maximum Gasteiger partial charge on any atom is 0.303 e. The molecule has 0 amide bonds. The average molecular weight is 248 g/mol. The van der Waals surface area contributed by atoms with Crippen molar-refractivity contribution in [1.82, 2.24) is 9.97 Å². The second-order valence-electron chi connectivity index (χ2n) is 4.13. The highest BCUT2D eigenvalue weighted by molar-refractivity contribution is 5.68. The summed E-state index contributed by atoms with van der Waals surface area (Å²) < 4.78 is 5.71. The number of oxazole rings is 1. The minimum Gasteiger partial charge on any atom is -0.481 e. The normalized spacial score (nSPS) is 10.7. The first kappa shape index (κ1) is 12.4. The Morgan fingerprint density at radius 2 is 2.33 bits per heavy atom. The summed E-state index contributed by atoms with van der Waals surface area (Å²) in [7, 11) is 0. The number of aromatic amines is 1. The van der Waals surface area contributed by atoms with E-state index in [1.54, 1.807) is 6.20 Å². The number of nitrogens with one attached hydrogen (secondary N) is 1. The predicted molar refractivity (Wildman–Crippen MR) is 66.2 cm³/mol. The largest absolute Gasteiger partial charge is 0.481 e. The summed E-state index contributed by atoms with van der Waals surface area (Å²) >= 11 is 0. The molecule has 2 N–H and O–H groups in total. The Balaban J connectivity index is 2.27. The zero-order valence-electron chi connectivity index (χ0n) is 10.3. The monoisotopic (exact) mass is 248 g/mol. The van der Waals surface area contributed by atoms with Crippen molar-refractivity contribution in [3.8, 4) is 11.3 Å². The number of H-pyrrole nitrogens is 1. The molecule has 2 rings (SSSR count). The van der Waals surface area contributed by atoms with Gasteiger partial charge < -0.3 is 14.5 Å². The van der Waals surface area contributed by atoms with Gasteiger partial charge in [0.15, 0.2) is 11.7 Å². The van der Waals surface area contributed by atoms with Gasteiger partial charge in [0.2, 0.25) is 0 Å². The van der Waals surface area contributed by atoms with Crippen LogP contribution in [-0.4, -0.2) is 21.0 Å². The van der Waals surface area contributed by atoms with Crippen molar-refractivity contribution in [2.24, 2.45) is 0 Å². The molecular formula is C13H16N2O3. The van der Waals surface area contributed by atoms with E-state index in [1.165, 1.54) is 0 Å². The topological polar surface area (TPSA) is 79.1 Å². The number of carboxylic acid groups (broad SMARTS) is 1. The molecule has 5 heteroatoms. The fourth-order valence-electron chi connectivity index (χ4n) is 1.81. The molecule has 0 radical (unpaired) electrons. The van der Waals surface area contributed by atoms with Crippen LogP contribution in [0.3, 0.4) is 0 Å². The van der Waals surface area contributed by atoms with E-state index in [0.29, 0.717) is 18.1 Å². The number of aryl methyl sites for hydroxylation is 2. The number of carboxylic acids is 1. The lowest BCUT2D eigenvalue weighted by Crippen LogP contribution is -1.99. The van der Waals surface area contributed by atoms with Gasteiger partial charge in [-0.2, -0.15) is 0 Å². The van der Waals surface area contributed by atoms with Crippen LogP contribution in [0.15, 0.2) is 22.9 Å². The Morgan fingerprint density at radius 1 is 1.50 bits per heavy atom. The molecular weight excluding hydrogens is 232 g/mol. The van der Waals surface area contributed by atoms with E-state index in [4.69, 9.17) is 9.52 Å². The van der Waals surface area contributed by atoms with Crippen LogP contribution in [0, 0.1) is 0 Å². The third kappa shape index (κ3) is 2.80. The fraction of sp³-hybridized carbons (Fsp3) is 0.385. The van der Waals surface area contributed by atoms with Crippen molar-refractivity contribution >= 4 is 5.97 Å². The SMILES string of the molecule is CCCc1nc(CCC(=O)O)c(-c2cc[nH]c2)o1. The van der Waals surface area contributed by atoms with Crippen LogP contribution < -0.4 is 0 Å². The van der Waals surface area contributed by atoms with Gasteiger partial charge in [-0.3, -0.25) is 4.79 Å². The van der Waals surface area contributed by atoms with Crippen molar-refractivity contribution in [2.75, 3.05) is 0 Å². The van der Waals surface area contributed by atoms with Crippen LogP contribution in [0.1, 0.15) is 31.4 Å². The third-order valence-corrected chi connectivity index (χ3v) is 2.64. The van der Waals surface area contributed by atoms with E-state index >= 15 is 0 Å². The van der Waals surface area contributed by atoms with Gasteiger partial charge in [-0.15, -0.1) is 0 Å². The molecule has 0 aliphatic rings. The Morgan fingerprint density at radius 3 is 2.94 bits per heavy atom. The van der Waals surface area contributed by atoms with E-state index in [1.807, 2.05) is 12.3 Å². The first-order valence-electron chi connectivity index (χ1n) is 6.04. The predicted octanol–water partition coefficient (Wildman–Crippen LogP) is 2.64. The van der Waals surface area contributed by atoms with Gasteiger partial charge in [0.05, 0.1) is 12.1 Å². The van der Waals surface area contributed by atoms with Gasteiger partial charge in [-0.25, -0.2) is 4.98 Å². The highest BCUT2D eigenvalue weighted by Crippen LogP contribution is 2.26. The molecule has 0 bridgehead atoms. The smallest absolute Gasteiger partial charge is 0.303 e. The van der Waals surface area contributed by atoms with Gasteiger partial charge in [-0.05, 0) is 12.5 Å². The molecule has 2 aromatic heterocycles. The summed E-state index contributed by atoms with van der Waals surface area (Å²) in [5, 5.41) is 8.74. The highest BCUT2D eigenvalue weighted by Gasteiger charge is 2.15. The Labute approximate surface area is 105 Å².